The lowest BCUT2D eigenvalue weighted by atomic mass is 10.1. The summed E-state index contributed by atoms with van der Waals surface area (Å²) in [6.45, 7) is 3.65. The Morgan fingerprint density at radius 1 is 1.71 bits per heavy atom. The Hall–Kier alpha value is -1.34. The largest absolute Gasteiger partial charge is 0.462 e. The number of ether oxygens (including phenoxy) is 1. The molecule has 1 saturated heterocycles. The van der Waals surface area contributed by atoms with Crippen molar-refractivity contribution in [3.63, 3.8) is 0 Å². The number of rotatable bonds is 2. The number of likely N-dealkylation sites (N-methyl/N-ethyl adjacent to an activating group) is 1. The standard InChI is InChI=1S/C10H14N2O2/c1-3-14-10(13)9(6-11)8-4-5-12(2)7-8/h3-5,7H2,1-2H3/b9-8+. The van der Waals surface area contributed by atoms with Gasteiger partial charge in [0.25, 0.3) is 0 Å². The highest BCUT2D eigenvalue weighted by atomic mass is 16.5. The van der Waals surface area contributed by atoms with Crippen molar-refractivity contribution < 1.29 is 9.53 Å². The van der Waals surface area contributed by atoms with Gasteiger partial charge < -0.3 is 9.64 Å². The van der Waals surface area contributed by atoms with Crippen LogP contribution in [0.3, 0.4) is 0 Å². The molecule has 1 fully saturated rings. The quantitative estimate of drug-likeness (QED) is 0.369. The number of nitriles is 1. The molecule has 14 heavy (non-hydrogen) atoms. The van der Waals surface area contributed by atoms with Gasteiger partial charge in [-0.1, -0.05) is 0 Å². The molecule has 0 saturated carbocycles. The van der Waals surface area contributed by atoms with Crippen LogP contribution in [-0.4, -0.2) is 37.6 Å². The second kappa shape index (κ2) is 4.77. The van der Waals surface area contributed by atoms with Crippen LogP contribution in [0.25, 0.3) is 0 Å². The van der Waals surface area contributed by atoms with Crippen LogP contribution in [-0.2, 0) is 9.53 Å². The first-order chi connectivity index (χ1) is 6.69. The molecular weight excluding hydrogens is 180 g/mol. The maximum Gasteiger partial charge on any atom is 0.348 e. The van der Waals surface area contributed by atoms with E-state index in [1.165, 1.54) is 0 Å². The summed E-state index contributed by atoms with van der Waals surface area (Å²) in [4.78, 5) is 13.4. The van der Waals surface area contributed by atoms with Crippen LogP contribution in [0.1, 0.15) is 13.3 Å². The summed E-state index contributed by atoms with van der Waals surface area (Å²) >= 11 is 0. The van der Waals surface area contributed by atoms with Crippen molar-refractivity contribution >= 4 is 5.97 Å². The van der Waals surface area contributed by atoms with Crippen LogP contribution in [0.15, 0.2) is 11.1 Å². The minimum absolute atomic E-state index is 0.191. The average molecular weight is 194 g/mol. The summed E-state index contributed by atoms with van der Waals surface area (Å²) in [7, 11) is 1.97. The first-order valence-electron chi connectivity index (χ1n) is 4.66. The molecule has 0 amide bonds. The Kier molecular flexibility index (Phi) is 3.66. The number of esters is 1. The van der Waals surface area contributed by atoms with Gasteiger partial charge in [-0.15, -0.1) is 0 Å². The summed E-state index contributed by atoms with van der Waals surface area (Å²) in [6, 6.07) is 1.93. The van der Waals surface area contributed by atoms with Gasteiger partial charge in [0.05, 0.1) is 6.61 Å². The van der Waals surface area contributed by atoms with E-state index in [0.717, 1.165) is 18.5 Å². The van der Waals surface area contributed by atoms with E-state index in [0.29, 0.717) is 13.2 Å². The Bertz CT molecular complexity index is 302. The van der Waals surface area contributed by atoms with Crippen molar-refractivity contribution in [3.05, 3.63) is 11.1 Å². The van der Waals surface area contributed by atoms with Crippen molar-refractivity contribution in [2.24, 2.45) is 0 Å². The van der Waals surface area contributed by atoms with Crippen molar-refractivity contribution in [2.75, 3.05) is 26.7 Å². The normalized spacial score (nSPS) is 20.4. The number of nitrogens with zero attached hydrogens (tertiary/aromatic N) is 2. The topological polar surface area (TPSA) is 53.3 Å². The van der Waals surface area contributed by atoms with E-state index in [1.807, 2.05) is 13.1 Å². The summed E-state index contributed by atoms with van der Waals surface area (Å²) in [6.07, 6.45) is 0.790. The molecule has 0 radical (unpaired) electrons. The van der Waals surface area contributed by atoms with Gasteiger partial charge in [0.15, 0.2) is 0 Å². The molecule has 0 atom stereocenters. The zero-order chi connectivity index (χ0) is 10.6. The van der Waals surface area contributed by atoms with E-state index in [9.17, 15) is 4.79 Å². The number of carbonyl (C=O) groups excluding carboxylic acids is 1. The molecule has 0 aromatic rings. The molecule has 1 heterocycles. The number of hydrogen-bond donors (Lipinski definition) is 0. The molecule has 1 rings (SSSR count). The fourth-order valence-corrected chi connectivity index (χ4v) is 1.49. The van der Waals surface area contributed by atoms with E-state index in [-0.39, 0.29) is 5.57 Å². The second-order valence-corrected chi connectivity index (χ2v) is 3.30. The maximum atomic E-state index is 11.3. The van der Waals surface area contributed by atoms with Gasteiger partial charge in [0.2, 0.25) is 0 Å². The molecule has 0 aromatic heterocycles. The van der Waals surface area contributed by atoms with Gasteiger partial charge in [-0.25, -0.2) is 4.79 Å². The highest BCUT2D eigenvalue weighted by Gasteiger charge is 2.21. The first-order valence-corrected chi connectivity index (χ1v) is 4.66. The van der Waals surface area contributed by atoms with Crippen LogP contribution >= 0.6 is 0 Å². The Labute approximate surface area is 83.8 Å². The SMILES string of the molecule is CCOC(=O)/C(C#N)=C1\CCN(C)C1. The summed E-state index contributed by atoms with van der Waals surface area (Å²) in [5, 5.41) is 8.84. The Morgan fingerprint density at radius 2 is 2.43 bits per heavy atom. The van der Waals surface area contributed by atoms with E-state index in [1.54, 1.807) is 6.92 Å². The predicted octanol–water partition coefficient (Wildman–Crippen LogP) is 0.705. The van der Waals surface area contributed by atoms with Crippen LogP contribution in [0.5, 0.6) is 0 Å². The summed E-state index contributed by atoms with van der Waals surface area (Å²) in [5.41, 5.74) is 1.09. The molecule has 0 bridgehead atoms. The van der Waals surface area contributed by atoms with Crippen LogP contribution in [0.2, 0.25) is 0 Å². The van der Waals surface area contributed by atoms with Gasteiger partial charge >= 0.3 is 5.97 Å². The van der Waals surface area contributed by atoms with Crippen molar-refractivity contribution in [1.82, 2.24) is 4.90 Å². The fourth-order valence-electron chi connectivity index (χ4n) is 1.49. The van der Waals surface area contributed by atoms with Gasteiger partial charge in [0, 0.05) is 13.1 Å². The van der Waals surface area contributed by atoms with Crippen molar-refractivity contribution in [2.45, 2.75) is 13.3 Å². The Morgan fingerprint density at radius 3 is 2.86 bits per heavy atom. The highest BCUT2D eigenvalue weighted by Crippen LogP contribution is 2.18. The van der Waals surface area contributed by atoms with Crippen LogP contribution < -0.4 is 0 Å². The third-order valence-electron chi connectivity index (χ3n) is 2.20. The van der Waals surface area contributed by atoms with E-state index < -0.39 is 5.97 Å². The molecule has 1 aliphatic heterocycles. The molecule has 1 aliphatic rings. The smallest absolute Gasteiger partial charge is 0.348 e. The molecule has 0 spiro atoms. The minimum atomic E-state index is -0.486. The third kappa shape index (κ3) is 2.33. The first kappa shape index (κ1) is 10.7. The lowest BCUT2D eigenvalue weighted by Gasteiger charge is -2.04. The van der Waals surface area contributed by atoms with Crippen molar-refractivity contribution in [3.8, 4) is 6.07 Å². The van der Waals surface area contributed by atoms with Gasteiger partial charge in [-0.05, 0) is 26.0 Å². The summed E-state index contributed by atoms with van der Waals surface area (Å²) < 4.78 is 4.80. The lowest BCUT2D eigenvalue weighted by Crippen LogP contribution is -2.13. The number of likely N-dealkylation sites (tertiary alicyclic amines) is 1. The number of hydrogen-bond acceptors (Lipinski definition) is 4. The fraction of sp³-hybridized carbons (Fsp3) is 0.600. The van der Waals surface area contributed by atoms with E-state index >= 15 is 0 Å². The molecule has 0 aliphatic carbocycles. The molecule has 4 heteroatoms. The monoisotopic (exact) mass is 194 g/mol. The minimum Gasteiger partial charge on any atom is -0.462 e. The van der Waals surface area contributed by atoms with Crippen molar-refractivity contribution in [1.29, 1.82) is 5.26 Å². The third-order valence-corrected chi connectivity index (χ3v) is 2.20. The van der Waals surface area contributed by atoms with Gasteiger partial charge in [-0.2, -0.15) is 5.26 Å². The molecular formula is C10H14N2O2. The molecule has 0 N–H and O–H groups in total. The zero-order valence-corrected chi connectivity index (χ0v) is 8.54. The van der Waals surface area contributed by atoms with E-state index in [2.05, 4.69) is 4.90 Å². The zero-order valence-electron chi connectivity index (χ0n) is 8.54. The van der Waals surface area contributed by atoms with Crippen LogP contribution in [0, 0.1) is 11.3 Å². The van der Waals surface area contributed by atoms with Gasteiger partial charge in [-0.3, -0.25) is 0 Å². The molecule has 4 nitrogen and oxygen atoms in total. The summed E-state index contributed by atoms with van der Waals surface area (Å²) in [5.74, 6) is -0.486. The molecule has 76 valence electrons. The van der Waals surface area contributed by atoms with Crippen LogP contribution in [0.4, 0.5) is 0 Å². The average Bonchev–Trinajstić information content (AvgIpc) is 2.54. The highest BCUT2D eigenvalue weighted by molar-refractivity contribution is 5.93. The maximum absolute atomic E-state index is 11.3. The second-order valence-electron chi connectivity index (χ2n) is 3.30. The predicted molar refractivity (Wildman–Crippen MR) is 51.4 cm³/mol. The van der Waals surface area contributed by atoms with E-state index in [4.69, 9.17) is 10.00 Å². The molecule has 0 unspecified atom stereocenters. The Balaban J connectivity index is 2.80. The van der Waals surface area contributed by atoms with Gasteiger partial charge in [0.1, 0.15) is 11.6 Å². The number of carbonyl (C=O) groups is 1. The lowest BCUT2D eigenvalue weighted by molar-refractivity contribution is -0.138. The molecule has 0 aromatic carbocycles.